The highest BCUT2D eigenvalue weighted by molar-refractivity contribution is 5.63. The molecular formula is C17H19N5. The Morgan fingerprint density at radius 2 is 2.05 bits per heavy atom. The van der Waals surface area contributed by atoms with Gasteiger partial charge in [-0.1, -0.05) is 24.3 Å². The minimum atomic E-state index is 0.168. The predicted molar refractivity (Wildman–Crippen MR) is 86.0 cm³/mol. The van der Waals surface area contributed by atoms with Gasteiger partial charge < -0.3 is 5.32 Å². The number of benzene rings is 1. The maximum Gasteiger partial charge on any atom is 0.203 e. The first-order valence-corrected chi connectivity index (χ1v) is 7.75. The van der Waals surface area contributed by atoms with E-state index >= 15 is 0 Å². The highest BCUT2D eigenvalue weighted by atomic mass is 15.3. The van der Waals surface area contributed by atoms with Gasteiger partial charge >= 0.3 is 0 Å². The minimum Gasteiger partial charge on any atom is -0.360 e. The Hall–Kier alpha value is -2.43. The van der Waals surface area contributed by atoms with Crippen molar-refractivity contribution in [3.8, 4) is 0 Å². The molecular weight excluding hydrogens is 274 g/mol. The summed E-state index contributed by atoms with van der Waals surface area (Å²) in [6, 6.07) is 8.57. The summed E-state index contributed by atoms with van der Waals surface area (Å²) in [6.45, 7) is 4.27. The molecule has 1 unspecified atom stereocenters. The molecule has 0 saturated heterocycles. The maximum atomic E-state index is 4.46. The lowest BCUT2D eigenvalue weighted by Crippen LogP contribution is -2.10. The average molecular weight is 293 g/mol. The van der Waals surface area contributed by atoms with Gasteiger partial charge in [0.25, 0.3) is 0 Å². The van der Waals surface area contributed by atoms with Crippen molar-refractivity contribution in [1.82, 2.24) is 19.6 Å². The Morgan fingerprint density at radius 1 is 1.23 bits per heavy atom. The molecule has 1 fully saturated rings. The van der Waals surface area contributed by atoms with E-state index in [0.717, 1.165) is 17.3 Å². The smallest absolute Gasteiger partial charge is 0.203 e. The Labute approximate surface area is 129 Å². The second-order valence-corrected chi connectivity index (χ2v) is 6.02. The Morgan fingerprint density at radius 3 is 2.82 bits per heavy atom. The zero-order valence-electron chi connectivity index (χ0n) is 12.8. The fourth-order valence-electron chi connectivity index (χ4n) is 2.92. The average Bonchev–Trinajstić information content (AvgIpc) is 3.27. The van der Waals surface area contributed by atoms with E-state index in [2.05, 4.69) is 63.0 Å². The van der Waals surface area contributed by atoms with Crippen molar-refractivity contribution >= 4 is 11.5 Å². The third kappa shape index (κ3) is 2.22. The van der Waals surface area contributed by atoms with Gasteiger partial charge in [-0.3, -0.25) is 4.40 Å². The normalized spacial score (nSPS) is 15.9. The summed E-state index contributed by atoms with van der Waals surface area (Å²) in [7, 11) is 0. The molecule has 0 radical (unpaired) electrons. The maximum absolute atomic E-state index is 4.46. The molecule has 0 bridgehead atoms. The first-order chi connectivity index (χ1) is 10.7. The molecule has 3 aromatic rings. The van der Waals surface area contributed by atoms with Crippen molar-refractivity contribution in [2.24, 2.45) is 0 Å². The van der Waals surface area contributed by atoms with Gasteiger partial charge in [-0.2, -0.15) is 0 Å². The fourth-order valence-corrected chi connectivity index (χ4v) is 2.92. The number of aryl methyl sites for hydroxylation is 1. The van der Waals surface area contributed by atoms with Crippen LogP contribution in [-0.2, 0) is 0 Å². The lowest BCUT2D eigenvalue weighted by molar-refractivity contribution is 0.860. The molecule has 5 heteroatoms. The zero-order chi connectivity index (χ0) is 15.1. The molecule has 1 aromatic carbocycles. The van der Waals surface area contributed by atoms with Gasteiger partial charge in [0, 0.05) is 18.3 Å². The van der Waals surface area contributed by atoms with Crippen LogP contribution in [0.5, 0.6) is 0 Å². The van der Waals surface area contributed by atoms with Crippen LogP contribution in [0.4, 0.5) is 5.82 Å². The zero-order valence-corrected chi connectivity index (χ0v) is 12.8. The van der Waals surface area contributed by atoms with E-state index in [1.165, 1.54) is 24.0 Å². The molecule has 1 aliphatic rings. The van der Waals surface area contributed by atoms with E-state index in [4.69, 9.17) is 0 Å². The van der Waals surface area contributed by atoms with Crippen LogP contribution in [0, 0.1) is 6.92 Å². The molecule has 1 aliphatic carbocycles. The first-order valence-electron chi connectivity index (χ1n) is 7.75. The summed E-state index contributed by atoms with van der Waals surface area (Å²) in [5.41, 5.74) is 3.35. The fraction of sp³-hybridized carbons (Fsp3) is 0.353. The monoisotopic (exact) mass is 293 g/mol. The molecule has 1 saturated carbocycles. The van der Waals surface area contributed by atoms with Crippen LogP contribution in [0.3, 0.4) is 0 Å². The summed E-state index contributed by atoms with van der Waals surface area (Å²) in [5, 5.41) is 12.2. The summed E-state index contributed by atoms with van der Waals surface area (Å²) in [4.78, 5) is 4.46. The quantitative estimate of drug-likeness (QED) is 0.800. The number of hydrogen-bond acceptors (Lipinski definition) is 4. The van der Waals surface area contributed by atoms with Crippen LogP contribution in [0.15, 0.2) is 36.7 Å². The number of anilines is 1. The summed E-state index contributed by atoms with van der Waals surface area (Å²) < 4.78 is 2.07. The second-order valence-electron chi connectivity index (χ2n) is 6.02. The van der Waals surface area contributed by atoms with E-state index in [1.54, 1.807) is 0 Å². The largest absolute Gasteiger partial charge is 0.360 e. The van der Waals surface area contributed by atoms with Crippen molar-refractivity contribution < 1.29 is 0 Å². The summed E-state index contributed by atoms with van der Waals surface area (Å²) in [5.74, 6) is 2.42. The lowest BCUT2D eigenvalue weighted by Gasteiger charge is -2.17. The van der Waals surface area contributed by atoms with E-state index in [9.17, 15) is 0 Å². The second kappa shape index (κ2) is 5.09. The molecule has 2 heterocycles. The van der Waals surface area contributed by atoms with Crippen LogP contribution in [-0.4, -0.2) is 19.6 Å². The van der Waals surface area contributed by atoms with E-state index in [1.807, 2.05) is 12.4 Å². The number of hydrogen-bond donors (Lipinski definition) is 1. The molecule has 2 aromatic heterocycles. The molecule has 0 spiro atoms. The van der Waals surface area contributed by atoms with Crippen LogP contribution in [0.2, 0.25) is 0 Å². The molecule has 22 heavy (non-hydrogen) atoms. The third-order valence-electron chi connectivity index (χ3n) is 4.30. The van der Waals surface area contributed by atoms with Gasteiger partial charge in [-0.05, 0) is 37.8 Å². The van der Waals surface area contributed by atoms with Gasteiger partial charge in [0.2, 0.25) is 5.65 Å². The molecule has 1 N–H and O–H groups in total. The molecule has 5 nitrogen and oxygen atoms in total. The molecule has 0 aliphatic heterocycles. The summed E-state index contributed by atoms with van der Waals surface area (Å²) in [6.07, 6.45) is 6.19. The highest BCUT2D eigenvalue weighted by Crippen LogP contribution is 2.39. The van der Waals surface area contributed by atoms with Crippen molar-refractivity contribution in [3.05, 3.63) is 53.6 Å². The number of rotatable bonds is 4. The van der Waals surface area contributed by atoms with E-state index in [-0.39, 0.29) is 6.04 Å². The van der Waals surface area contributed by atoms with Crippen molar-refractivity contribution in [3.63, 3.8) is 0 Å². The number of nitrogens with one attached hydrogen (secondary N) is 1. The van der Waals surface area contributed by atoms with E-state index in [0.29, 0.717) is 5.92 Å². The van der Waals surface area contributed by atoms with Crippen molar-refractivity contribution in [1.29, 1.82) is 0 Å². The van der Waals surface area contributed by atoms with E-state index < -0.39 is 0 Å². The standard InChI is InChI=1S/C17H19N5/c1-11-5-3-4-6-14(11)12(2)19-15-17-21-20-16(13-7-8-13)22(17)10-9-18-15/h3-6,9-10,12-13H,7-8H2,1-2H3,(H,18,19). The van der Waals surface area contributed by atoms with Gasteiger partial charge in [-0.15, -0.1) is 10.2 Å². The van der Waals surface area contributed by atoms with Gasteiger partial charge in [0.15, 0.2) is 5.82 Å². The first kappa shape index (κ1) is 13.2. The Kier molecular flexibility index (Phi) is 3.06. The van der Waals surface area contributed by atoms with Crippen LogP contribution in [0.1, 0.15) is 48.7 Å². The van der Waals surface area contributed by atoms with Crippen LogP contribution >= 0.6 is 0 Å². The van der Waals surface area contributed by atoms with Crippen LogP contribution in [0.25, 0.3) is 5.65 Å². The van der Waals surface area contributed by atoms with Gasteiger partial charge in [0.1, 0.15) is 5.82 Å². The SMILES string of the molecule is Cc1ccccc1C(C)Nc1nccn2c(C3CC3)nnc12. The van der Waals surface area contributed by atoms with Crippen molar-refractivity contribution in [2.75, 3.05) is 5.32 Å². The highest BCUT2D eigenvalue weighted by Gasteiger charge is 2.29. The number of aromatic nitrogens is 4. The van der Waals surface area contributed by atoms with Gasteiger partial charge in [0.05, 0.1) is 6.04 Å². The number of nitrogens with zero attached hydrogens (tertiary/aromatic N) is 4. The minimum absolute atomic E-state index is 0.168. The van der Waals surface area contributed by atoms with Gasteiger partial charge in [-0.25, -0.2) is 4.98 Å². The van der Waals surface area contributed by atoms with Crippen LogP contribution < -0.4 is 5.32 Å². The lowest BCUT2D eigenvalue weighted by atomic mass is 10.0. The number of fused-ring (bicyclic) bond motifs is 1. The summed E-state index contributed by atoms with van der Waals surface area (Å²) >= 11 is 0. The molecule has 1 atom stereocenters. The molecule has 112 valence electrons. The van der Waals surface area contributed by atoms with Crippen molar-refractivity contribution in [2.45, 2.75) is 38.6 Å². The third-order valence-corrected chi connectivity index (χ3v) is 4.30. The molecule has 0 amide bonds. The predicted octanol–water partition coefficient (Wildman–Crippen LogP) is 3.48. The Bertz CT molecular complexity index is 819. The molecule has 4 rings (SSSR count). The topological polar surface area (TPSA) is 55.1 Å². The Balaban J connectivity index is 1.68.